The quantitative estimate of drug-likeness (QED) is 0.876. The topological polar surface area (TPSA) is 72.8 Å². The average molecular weight is 314 g/mol. The van der Waals surface area contributed by atoms with Crippen LogP contribution in [0.15, 0.2) is 58.3 Å². The highest BCUT2D eigenvalue weighted by Crippen LogP contribution is 2.24. The zero-order valence-electron chi connectivity index (χ0n) is 11.2. The Kier molecular flexibility index (Phi) is 4.57. The Morgan fingerprint density at radius 1 is 0.864 bits per heavy atom. The fourth-order valence-corrected chi connectivity index (χ4v) is 2.92. The summed E-state index contributed by atoms with van der Waals surface area (Å²) < 4.78 is 34.5. The molecule has 0 aliphatic heterocycles. The summed E-state index contributed by atoms with van der Waals surface area (Å²) in [6.45, 7) is 0. The maximum atomic E-state index is 12.4. The van der Waals surface area contributed by atoms with E-state index in [1.54, 1.807) is 6.11 Å². The molecule has 0 aliphatic rings. The van der Waals surface area contributed by atoms with Gasteiger partial charge in [0.2, 0.25) is 9.84 Å². The third-order valence-electron chi connectivity index (χ3n) is 2.66. The molecule has 0 unspecified atom stereocenters. The zero-order valence-corrected chi connectivity index (χ0v) is 12.0. The first-order valence-electron chi connectivity index (χ1n) is 5.96. The van der Waals surface area contributed by atoms with Gasteiger partial charge in [0.05, 0.1) is 9.79 Å². The molecule has 2 aromatic rings. The van der Waals surface area contributed by atoms with Gasteiger partial charge in [-0.25, -0.2) is 8.42 Å². The van der Waals surface area contributed by atoms with Crippen molar-refractivity contribution in [1.82, 2.24) is 0 Å². The molecule has 0 spiro atoms. The molecule has 22 heavy (non-hydrogen) atoms. The average Bonchev–Trinajstić information content (AvgIpc) is 2.54. The second kappa shape index (κ2) is 6.57. The molecule has 2 rings (SSSR count). The SMILES string of the molecule is C#COc1ccc(S(=O)(=O)c2ccc(OC#CO)cc2)cc1. The van der Waals surface area contributed by atoms with Gasteiger partial charge in [-0.1, -0.05) is 6.42 Å². The molecule has 2 aromatic carbocycles. The third kappa shape index (κ3) is 3.32. The van der Waals surface area contributed by atoms with E-state index in [0.29, 0.717) is 11.5 Å². The summed E-state index contributed by atoms with van der Waals surface area (Å²) in [6, 6.07) is 11.4. The van der Waals surface area contributed by atoms with Crippen molar-refractivity contribution in [2.45, 2.75) is 9.79 Å². The van der Waals surface area contributed by atoms with Gasteiger partial charge in [0.15, 0.2) is 12.2 Å². The van der Waals surface area contributed by atoms with Gasteiger partial charge in [-0.15, -0.1) is 0 Å². The van der Waals surface area contributed by atoms with Crippen LogP contribution >= 0.6 is 0 Å². The standard InChI is InChI=1S/C16H10O5S/c1-2-20-13-3-7-15(8-4-13)22(18,19)16-9-5-14(6-10-16)21-12-11-17/h1,3-10,17H. The maximum absolute atomic E-state index is 12.4. The highest BCUT2D eigenvalue weighted by atomic mass is 32.2. The molecule has 0 atom stereocenters. The number of ether oxygens (including phenoxy) is 2. The lowest BCUT2D eigenvalue weighted by molar-refractivity contribution is 0.475. The predicted molar refractivity (Wildman–Crippen MR) is 78.1 cm³/mol. The Morgan fingerprint density at radius 2 is 1.32 bits per heavy atom. The molecule has 0 amide bonds. The van der Waals surface area contributed by atoms with Crippen LogP contribution in [0.3, 0.4) is 0 Å². The van der Waals surface area contributed by atoms with E-state index in [9.17, 15) is 8.42 Å². The molecule has 5 nitrogen and oxygen atoms in total. The van der Waals surface area contributed by atoms with Gasteiger partial charge in [-0.2, -0.15) is 0 Å². The fraction of sp³-hybridized carbons (Fsp3) is 0. The minimum absolute atomic E-state index is 0.0995. The minimum atomic E-state index is -3.66. The summed E-state index contributed by atoms with van der Waals surface area (Å²) in [5, 5.41) is 8.32. The molecule has 0 radical (unpaired) electrons. The van der Waals surface area contributed by atoms with Gasteiger partial charge in [-0.3, -0.25) is 0 Å². The smallest absolute Gasteiger partial charge is 0.206 e. The van der Waals surface area contributed by atoms with Crippen molar-refractivity contribution in [3.8, 4) is 36.2 Å². The molecule has 0 aliphatic carbocycles. The molecule has 0 fully saturated rings. The van der Waals surface area contributed by atoms with Gasteiger partial charge in [0.25, 0.3) is 0 Å². The highest BCUT2D eigenvalue weighted by Gasteiger charge is 2.17. The molecule has 110 valence electrons. The summed E-state index contributed by atoms with van der Waals surface area (Å²) in [5.41, 5.74) is 0. The van der Waals surface area contributed by atoms with E-state index >= 15 is 0 Å². The Labute approximate surface area is 128 Å². The Balaban J connectivity index is 2.29. The van der Waals surface area contributed by atoms with E-state index in [2.05, 4.69) is 0 Å². The van der Waals surface area contributed by atoms with Crippen molar-refractivity contribution in [3.63, 3.8) is 0 Å². The van der Waals surface area contributed by atoms with E-state index in [1.807, 2.05) is 12.2 Å². The zero-order chi connectivity index (χ0) is 16.0. The Hall–Kier alpha value is -3.09. The predicted octanol–water partition coefficient (Wildman–Crippen LogP) is 2.16. The van der Waals surface area contributed by atoms with E-state index in [0.717, 1.165) is 0 Å². The fourth-order valence-electron chi connectivity index (χ4n) is 1.66. The van der Waals surface area contributed by atoms with Gasteiger partial charge >= 0.3 is 0 Å². The van der Waals surface area contributed by atoms with Crippen LogP contribution in [0.4, 0.5) is 0 Å². The summed E-state index contributed by atoms with van der Waals surface area (Å²) >= 11 is 0. The van der Waals surface area contributed by atoms with Crippen LogP contribution in [0, 0.1) is 24.7 Å². The number of aliphatic hydroxyl groups excluding tert-OH is 1. The van der Waals surface area contributed by atoms with Crippen LogP contribution < -0.4 is 9.47 Å². The van der Waals surface area contributed by atoms with E-state index in [1.165, 1.54) is 48.5 Å². The summed E-state index contributed by atoms with van der Waals surface area (Å²) in [4.78, 5) is 0.211. The van der Waals surface area contributed by atoms with Gasteiger partial charge < -0.3 is 14.6 Å². The number of aliphatic hydroxyl groups is 1. The van der Waals surface area contributed by atoms with Crippen LogP contribution in [0.1, 0.15) is 0 Å². The molecule has 0 bridgehead atoms. The van der Waals surface area contributed by atoms with E-state index in [-0.39, 0.29) is 9.79 Å². The van der Waals surface area contributed by atoms with Crippen LogP contribution in [-0.4, -0.2) is 13.5 Å². The number of sulfone groups is 1. The summed E-state index contributed by atoms with van der Waals surface area (Å²) in [5.74, 6) is 0.700. The molecule has 0 saturated heterocycles. The maximum Gasteiger partial charge on any atom is 0.206 e. The molecular formula is C16H10O5S. The molecule has 0 aromatic heterocycles. The first-order chi connectivity index (χ1) is 10.6. The number of hydrogen-bond acceptors (Lipinski definition) is 5. The first-order valence-corrected chi connectivity index (χ1v) is 7.45. The number of benzene rings is 2. The molecular weight excluding hydrogens is 304 g/mol. The Morgan fingerprint density at radius 3 is 1.73 bits per heavy atom. The first kappa shape index (κ1) is 15.3. The monoisotopic (exact) mass is 314 g/mol. The minimum Gasteiger partial charge on any atom is -0.460 e. The number of terminal acetylenes is 1. The third-order valence-corrected chi connectivity index (χ3v) is 4.44. The van der Waals surface area contributed by atoms with Gasteiger partial charge in [0, 0.05) is 0 Å². The van der Waals surface area contributed by atoms with Gasteiger partial charge in [-0.05, 0) is 48.5 Å². The van der Waals surface area contributed by atoms with E-state index < -0.39 is 9.84 Å². The normalized spacial score (nSPS) is 9.95. The lowest BCUT2D eigenvalue weighted by atomic mass is 10.3. The van der Waals surface area contributed by atoms with Crippen molar-refractivity contribution >= 4 is 9.84 Å². The lowest BCUT2D eigenvalue weighted by Crippen LogP contribution is -2.01. The summed E-state index contributed by atoms with van der Waals surface area (Å²) in [6.07, 6.45) is 10.6. The van der Waals surface area contributed by atoms with Crippen LogP contribution in [-0.2, 0) is 9.84 Å². The van der Waals surface area contributed by atoms with Crippen molar-refractivity contribution in [1.29, 1.82) is 0 Å². The van der Waals surface area contributed by atoms with Gasteiger partial charge in [0.1, 0.15) is 17.6 Å². The lowest BCUT2D eigenvalue weighted by Gasteiger charge is -2.06. The van der Waals surface area contributed by atoms with Crippen LogP contribution in [0.25, 0.3) is 0 Å². The van der Waals surface area contributed by atoms with Crippen molar-refractivity contribution in [2.75, 3.05) is 0 Å². The molecule has 0 heterocycles. The Bertz CT molecular complexity index is 848. The van der Waals surface area contributed by atoms with Crippen molar-refractivity contribution in [2.24, 2.45) is 0 Å². The number of hydrogen-bond donors (Lipinski definition) is 1. The molecule has 1 N–H and O–H groups in total. The number of rotatable bonds is 4. The summed E-state index contributed by atoms with van der Waals surface area (Å²) in [7, 11) is -3.66. The highest BCUT2D eigenvalue weighted by molar-refractivity contribution is 7.91. The van der Waals surface area contributed by atoms with Crippen LogP contribution in [0.5, 0.6) is 11.5 Å². The van der Waals surface area contributed by atoms with Crippen molar-refractivity contribution in [3.05, 3.63) is 48.5 Å². The largest absolute Gasteiger partial charge is 0.460 e. The van der Waals surface area contributed by atoms with Crippen molar-refractivity contribution < 1.29 is 23.0 Å². The second-order valence-corrected chi connectivity index (χ2v) is 5.93. The molecule has 0 saturated carbocycles. The van der Waals surface area contributed by atoms with E-state index in [4.69, 9.17) is 21.0 Å². The second-order valence-electron chi connectivity index (χ2n) is 3.98. The van der Waals surface area contributed by atoms with Crippen LogP contribution in [0.2, 0.25) is 0 Å². The molecule has 6 heteroatoms.